The number of aromatic nitrogens is 2. The van der Waals surface area contributed by atoms with Crippen molar-refractivity contribution in [1.29, 1.82) is 0 Å². The van der Waals surface area contributed by atoms with E-state index in [2.05, 4.69) is 10.2 Å². The van der Waals surface area contributed by atoms with E-state index in [1.165, 1.54) is 12.1 Å². The molecule has 3 aromatic rings. The van der Waals surface area contributed by atoms with Gasteiger partial charge in [-0.1, -0.05) is 29.8 Å². The van der Waals surface area contributed by atoms with Gasteiger partial charge >= 0.3 is 6.18 Å². The second-order valence-electron chi connectivity index (χ2n) is 6.24. The smallest absolute Gasteiger partial charge is 0.416 e. The van der Waals surface area contributed by atoms with Crippen LogP contribution in [-0.2, 0) is 12.7 Å². The largest absolute Gasteiger partial charge is 0.419 e. The number of hydrogen-bond acceptors (Lipinski definition) is 4. The molecular formula is C19H17ClF3N3O. The molecule has 0 aliphatic rings. The lowest BCUT2D eigenvalue weighted by Gasteiger charge is -2.22. The number of alkyl halides is 3. The third-order valence-electron chi connectivity index (χ3n) is 4.24. The SMILES string of the molecule is C[C@H](c1nnc(-c2cccc(Cl)c2)o1)N(C)Cc1ccc(C(F)(F)F)cc1. The van der Waals surface area contributed by atoms with Gasteiger partial charge in [-0.3, -0.25) is 4.90 Å². The molecule has 27 heavy (non-hydrogen) atoms. The minimum atomic E-state index is -4.34. The Hall–Kier alpha value is -2.38. The Labute approximate surface area is 159 Å². The summed E-state index contributed by atoms with van der Waals surface area (Å²) in [6, 6.07) is 12.0. The number of hydrogen-bond donors (Lipinski definition) is 0. The Balaban J connectivity index is 1.69. The van der Waals surface area contributed by atoms with E-state index < -0.39 is 11.7 Å². The van der Waals surface area contributed by atoms with Crippen molar-refractivity contribution in [2.24, 2.45) is 0 Å². The molecule has 0 spiro atoms. The summed E-state index contributed by atoms with van der Waals surface area (Å²) in [6.45, 7) is 2.33. The minimum absolute atomic E-state index is 0.215. The number of benzene rings is 2. The van der Waals surface area contributed by atoms with Gasteiger partial charge in [-0.2, -0.15) is 13.2 Å². The van der Waals surface area contributed by atoms with E-state index in [0.717, 1.165) is 23.3 Å². The molecule has 0 radical (unpaired) electrons. The van der Waals surface area contributed by atoms with E-state index in [1.807, 2.05) is 24.9 Å². The van der Waals surface area contributed by atoms with E-state index in [1.54, 1.807) is 18.2 Å². The van der Waals surface area contributed by atoms with Crippen molar-refractivity contribution in [3.8, 4) is 11.5 Å². The lowest BCUT2D eigenvalue weighted by molar-refractivity contribution is -0.137. The molecule has 0 unspecified atom stereocenters. The maximum Gasteiger partial charge on any atom is 0.416 e. The third-order valence-corrected chi connectivity index (χ3v) is 4.48. The van der Waals surface area contributed by atoms with Crippen LogP contribution in [0, 0.1) is 0 Å². The molecule has 0 N–H and O–H groups in total. The normalized spacial score (nSPS) is 13.1. The summed E-state index contributed by atoms with van der Waals surface area (Å²) >= 11 is 5.98. The van der Waals surface area contributed by atoms with Crippen molar-refractivity contribution in [2.45, 2.75) is 25.7 Å². The molecule has 1 aromatic heterocycles. The summed E-state index contributed by atoms with van der Waals surface area (Å²) in [5, 5.41) is 8.70. The van der Waals surface area contributed by atoms with Crippen LogP contribution in [0.5, 0.6) is 0 Å². The topological polar surface area (TPSA) is 42.2 Å². The van der Waals surface area contributed by atoms with Crippen molar-refractivity contribution in [3.05, 3.63) is 70.6 Å². The fourth-order valence-electron chi connectivity index (χ4n) is 2.55. The van der Waals surface area contributed by atoms with Gasteiger partial charge in [-0.15, -0.1) is 10.2 Å². The molecule has 1 atom stereocenters. The molecule has 0 amide bonds. The van der Waals surface area contributed by atoms with Crippen LogP contribution < -0.4 is 0 Å². The number of nitrogens with zero attached hydrogens (tertiary/aromatic N) is 3. The predicted octanol–water partition coefficient (Wildman–Crippen LogP) is 5.60. The van der Waals surface area contributed by atoms with Crippen LogP contribution >= 0.6 is 11.6 Å². The highest BCUT2D eigenvalue weighted by Gasteiger charge is 2.30. The minimum Gasteiger partial charge on any atom is -0.419 e. The Morgan fingerprint density at radius 3 is 2.44 bits per heavy atom. The molecule has 3 rings (SSSR count). The average molecular weight is 396 g/mol. The van der Waals surface area contributed by atoms with Gasteiger partial charge in [0.1, 0.15) is 0 Å². The highest BCUT2D eigenvalue weighted by molar-refractivity contribution is 6.30. The van der Waals surface area contributed by atoms with Crippen LogP contribution in [0.3, 0.4) is 0 Å². The van der Waals surface area contributed by atoms with E-state index in [4.69, 9.17) is 16.0 Å². The molecule has 0 aliphatic carbocycles. The second kappa shape index (κ2) is 7.70. The molecule has 8 heteroatoms. The summed E-state index contributed by atoms with van der Waals surface area (Å²) in [5.41, 5.74) is 0.816. The zero-order valence-electron chi connectivity index (χ0n) is 14.7. The maximum atomic E-state index is 12.7. The van der Waals surface area contributed by atoms with Crippen LogP contribution in [0.15, 0.2) is 52.9 Å². The molecule has 1 heterocycles. The first-order chi connectivity index (χ1) is 12.7. The third kappa shape index (κ3) is 4.67. The summed E-state index contributed by atoms with van der Waals surface area (Å²) < 4.78 is 43.7. The fourth-order valence-corrected chi connectivity index (χ4v) is 2.74. The molecule has 2 aromatic carbocycles. The predicted molar refractivity (Wildman–Crippen MR) is 96.1 cm³/mol. The average Bonchev–Trinajstić information content (AvgIpc) is 3.11. The Bertz CT molecular complexity index is 909. The first kappa shape index (κ1) is 19.4. The fraction of sp³-hybridized carbons (Fsp3) is 0.263. The van der Waals surface area contributed by atoms with Crippen LogP contribution in [0.4, 0.5) is 13.2 Å². The monoisotopic (exact) mass is 395 g/mol. The summed E-state index contributed by atoms with van der Waals surface area (Å²) in [7, 11) is 1.84. The van der Waals surface area contributed by atoms with Crippen molar-refractivity contribution >= 4 is 11.6 Å². The van der Waals surface area contributed by atoms with Gasteiger partial charge in [0.15, 0.2) is 0 Å². The lowest BCUT2D eigenvalue weighted by Crippen LogP contribution is -2.22. The summed E-state index contributed by atoms with van der Waals surface area (Å²) in [5.74, 6) is 0.779. The Kier molecular flexibility index (Phi) is 5.53. The quantitative estimate of drug-likeness (QED) is 0.563. The molecule has 0 saturated carbocycles. The van der Waals surface area contributed by atoms with Crippen molar-refractivity contribution < 1.29 is 17.6 Å². The van der Waals surface area contributed by atoms with Crippen LogP contribution in [0.2, 0.25) is 5.02 Å². The van der Waals surface area contributed by atoms with E-state index in [-0.39, 0.29) is 6.04 Å². The standard InChI is InChI=1S/C19H17ClF3N3O/c1-12(17-24-25-18(27-17)14-4-3-5-16(20)10-14)26(2)11-13-6-8-15(9-7-13)19(21,22)23/h3-10,12H,11H2,1-2H3/t12-/m1/s1. The summed E-state index contributed by atoms with van der Waals surface area (Å²) in [4.78, 5) is 1.91. The maximum absolute atomic E-state index is 12.7. The van der Waals surface area contributed by atoms with Gasteiger partial charge < -0.3 is 4.42 Å². The van der Waals surface area contributed by atoms with Gasteiger partial charge in [0, 0.05) is 17.1 Å². The Morgan fingerprint density at radius 2 is 1.81 bits per heavy atom. The lowest BCUT2D eigenvalue weighted by atomic mass is 10.1. The first-order valence-corrected chi connectivity index (χ1v) is 8.57. The van der Waals surface area contributed by atoms with Gasteiger partial charge in [0.2, 0.25) is 11.8 Å². The molecule has 0 saturated heterocycles. The van der Waals surface area contributed by atoms with Gasteiger partial charge in [-0.05, 0) is 49.9 Å². The van der Waals surface area contributed by atoms with E-state index in [0.29, 0.717) is 23.3 Å². The number of halogens is 4. The zero-order valence-corrected chi connectivity index (χ0v) is 15.4. The number of rotatable bonds is 5. The van der Waals surface area contributed by atoms with Gasteiger partial charge in [0.05, 0.1) is 11.6 Å². The molecular weight excluding hydrogens is 379 g/mol. The molecule has 0 fully saturated rings. The highest BCUT2D eigenvalue weighted by atomic mass is 35.5. The molecule has 0 aliphatic heterocycles. The van der Waals surface area contributed by atoms with E-state index >= 15 is 0 Å². The van der Waals surface area contributed by atoms with E-state index in [9.17, 15) is 13.2 Å². The molecule has 142 valence electrons. The Morgan fingerprint density at radius 1 is 1.11 bits per heavy atom. The first-order valence-electron chi connectivity index (χ1n) is 8.20. The molecule has 4 nitrogen and oxygen atoms in total. The van der Waals surface area contributed by atoms with Gasteiger partial charge in [0.25, 0.3) is 0 Å². The van der Waals surface area contributed by atoms with Crippen LogP contribution in [0.25, 0.3) is 11.5 Å². The van der Waals surface area contributed by atoms with Crippen molar-refractivity contribution in [3.63, 3.8) is 0 Å². The van der Waals surface area contributed by atoms with Gasteiger partial charge in [-0.25, -0.2) is 0 Å². The van der Waals surface area contributed by atoms with Crippen LogP contribution in [-0.4, -0.2) is 22.1 Å². The second-order valence-corrected chi connectivity index (χ2v) is 6.68. The molecule has 0 bridgehead atoms. The summed E-state index contributed by atoms with van der Waals surface area (Å²) in [6.07, 6.45) is -4.34. The van der Waals surface area contributed by atoms with Crippen LogP contribution in [0.1, 0.15) is 30.0 Å². The van der Waals surface area contributed by atoms with Crippen molar-refractivity contribution in [1.82, 2.24) is 15.1 Å². The van der Waals surface area contributed by atoms with Crippen molar-refractivity contribution in [2.75, 3.05) is 7.05 Å². The zero-order chi connectivity index (χ0) is 19.6. The highest BCUT2D eigenvalue weighted by Crippen LogP contribution is 2.30.